The molecule has 0 unspecified atom stereocenters. The zero-order valence-corrected chi connectivity index (χ0v) is 25.5. The van der Waals surface area contributed by atoms with E-state index < -0.39 is 15.8 Å². The van der Waals surface area contributed by atoms with E-state index in [1.54, 1.807) is 18.5 Å². The highest BCUT2D eigenvalue weighted by atomic mass is 32.2. The van der Waals surface area contributed by atoms with Gasteiger partial charge in [0.2, 0.25) is 10.0 Å². The molecule has 9 nitrogen and oxygen atoms in total. The molecule has 46 heavy (non-hydrogen) atoms. The van der Waals surface area contributed by atoms with Gasteiger partial charge in [0.1, 0.15) is 11.5 Å². The number of hydrogen-bond donors (Lipinski definition) is 4. The Labute approximate surface area is 265 Å². The quantitative estimate of drug-likeness (QED) is 0.149. The number of fused-ring (bicyclic) bond motifs is 2. The van der Waals surface area contributed by atoms with E-state index in [0.717, 1.165) is 57.1 Å². The molecule has 0 amide bonds. The van der Waals surface area contributed by atoms with Crippen LogP contribution < -0.4 is 10.0 Å². The number of nitrogens with zero attached hydrogens (tertiary/aromatic N) is 3. The average molecular weight is 630 g/mol. The van der Waals surface area contributed by atoms with E-state index >= 15 is 0 Å². The SMILES string of the molecule is CS(=O)(=O)NCc1cc(F)cc(-c2nccc3[nH]c(-c4n[nH]c5cnc(-c6cc#cc(CNCc7ccccc7)c6)cc45)cc23)c1. The Morgan fingerprint density at radius 1 is 0.848 bits per heavy atom. The molecule has 0 bridgehead atoms. The van der Waals surface area contributed by atoms with Crippen molar-refractivity contribution < 1.29 is 12.8 Å². The monoisotopic (exact) mass is 629 g/mol. The molecule has 4 heterocycles. The molecular weight excluding hydrogens is 601 g/mol. The van der Waals surface area contributed by atoms with Gasteiger partial charge in [-0.3, -0.25) is 15.1 Å². The molecule has 3 aromatic carbocycles. The molecule has 228 valence electrons. The van der Waals surface area contributed by atoms with Crippen LogP contribution in [0.1, 0.15) is 16.7 Å². The fourth-order valence-corrected chi connectivity index (χ4v) is 5.88. The summed E-state index contributed by atoms with van der Waals surface area (Å²) in [5, 5.41) is 12.8. The fraction of sp³-hybridized carbons (Fsp3) is 0.114. The first-order valence-corrected chi connectivity index (χ1v) is 16.4. The molecule has 7 aromatic rings. The van der Waals surface area contributed by atoms with Gasteiger partial charge in [-0.2, -0.15) is 5.10 Å². The third-order valence-electron chi connectivity index (χ3n) is 7.59. The van der Waals surface area contributed by atoms with Crippen molar-refractivity contribution in [1.82, 2.24) is 35.2 Å². The van der Waals surface area contributed by atoms with Gasteiger partial charge in [0.25, 0.3) is 0 Å². The molecule has 0 atom stereocenters. The number of aromatic amines is 2. The largest absolute Gasteiger partial charge is 0.353 e. The van der Waals surface area contributed by atoms with Gasteiger partial charge in [-0.1, -0.05) is 42.5 Å². The number of H-pyrrole nitrogens is 2. The van der Waals surface area contributed by atoms with Crippen molar-refractivity contribution in [2.45, 2.75) is 19.6 Å². The van der Waals surface area contributed by atoms with Crippen LogP contribution in [-0.2, 0) is 29.7 Å². The number of aromatic nitrogens is 5. The highest BCUT2D eigenvalue weighted by Gasteiger charge is 2.16. The van der Waals surface area contributed by atoms with Crippen molar-refractivity contribution in [3.05, 3.63) is 126 Å². The second-order valence-corrected chi connectivity index (χ2v) is 12.9. The smallest absolute Gasteiger partial charge is 0.209 e. The molecule has 11 heteroatoms. The van der Waals surface area contributed by atoms with Crippen LogP contribution in [0.3, 0.4) is 0 Å². The molecule has 0 aliphatic heterocycles. The third-order valence-corrected chi connectivity index (χ3v) is 8.26. The normalized spacial score (nSPS) is 11.7. The molecule has 0 radical (unpaired) electrons. The van der Waals surface area contributed by atoms with Crippen molar-refractivity contribution >= 4 is 31.8 Å². The van der Waals surface area contributed by atoms with Gasteiger partial charge in [-0.25, -0.2) is 17.5 Å². The van der Waals surface area contributed by atoms with Gasteiger partial charge in [0.15, 0.2) is 0 Å². The minimum Gasteiger partial charge on any atom is -0.353 e. The fourth-order valence-electron chi connectivity index (χ4n) is 5.45. The van der Waals surface area contributed by atoms with E-state index in [9.17, 15) is 12.8 Å². The van der Waals surface area contributed by atoms with Crippen LogP contribution >= 0.6 is 0 Å². The van der Waals surface area contributed by atoms with Crippen molar-refractivity contribution in [2.24, 2.45) is 0 Å². The van der Waals surface area contributed by atoms with Gasteiger partial charge < -0.3 is 10.3 Å². The number of hydrogen-bond acceptors (Lipinski definition) is 6. The van der Waals surface area contributed by atoms with Crippen molar-refractivity contribution in [3.8, 4) is 33.9 Å². The number of benzene rings is 2. The van der Waals surface area contributed by atoms with Crippen LogP contribution in [0.2, 0.25) is 0 Å². The second kappa shape index (κ2) is 12.2. The van der Waals surface area contributed by atoms with E-state index in [-0.39, 0.29) is 6.54 Å². The third kappa shape index (κ3) is 6.36. The summed E-state index contributed by atoms with van der Waals surface area (Å²) in [6.45, 7) is 1.37. The van der Waals surface area contributed by atoms with Crippen LogP contribution in [0.25, 0.3) is 55.7 Å². The van der Waals surface area contributed by atoms with Gasteiger partial charge in [0, 0.05) is 58.8 Å². The van der Waals surface area contributed by atoms with E-state index in [1.807, 2.05) is 42.5 Å². The van der Waals surface area contributed by atoms with E-state index in [2.05, 4.69) is 65.5 Å². The minimum atomic E-state index is -3.44. The lowest BCUT2D eigenvalue weighted by atomic mass is 10.0. The number of nitrogens with one attached hydrogen (secondary N) is 4. The standard InChI is InChI=1S/C35H28FN7O2S/c1-46(44,45)40-20-24-13-26(15-27(36)14-24)34-28-17-32(41-30(28)10-11-38-34)35-29-16-31(39-21-33(29)42-43-35)25-9-5-8-23(12-25)19-37-18-22-6-3-2-4-7-22/h2-4,6-7,9-17,21,37,40-41H,18-20H2,1H3,(H,42,43). The number of halogens is 1. The highest BCUT2D eigenvalue weighted by Crippen LogP contribution is 2.34. The lowest BCUT2D eigenvalue weighted by Gasteiger charge is -2.08. The summed E-state index contributed by atoms with van der Waals surface area (Å²) in [7, 11) is -3.44. The molecule has 0 fully saturated rings. The summed E-state index contributed by atoms with van der Waals surface area (Å²) in [6, 6.07) is 30.7. The highest BCUT2D eigenvalue weighted by molar-refractivity contribution is 7.88. The Hall–Kier alpha value is -5.41. The maximum atomic E-state index is 14.6. The summed E-state index contributed by atoms with van der Waals surface area (Å²) in [6.07, 6.45) is 4.48. The van der Waals surface area contributed by atoms with Gasteiger partial charge >= 0.3 is 0 Å². The van der Waals surface area contributed by atoms with Crippen LogP contribution in [0.15, 0.2) is 91.3 Å². The van der Waals surface area contributed by atoms with Gasteiger partial charge in [-0.05, 0) is 59.7 Å². The van der Waals surface area contributed by atoms with E-state index in [0.29, 0.717) is 29.1 Å². The maximum Gasteiger partial charge on any atom is 0.209 e. The predicted molar refractivity (Wildman–Crippen MR) is 176 cm³/mol. The molecule has 0 saturated carbocycles. The first-order chi connectivity index (χ1) is 22.3. The minimum absolute atomic E-state index is 0.0313. The summed E-state index contributed by atoms with van der Waals surface area (Å²) in [5.74, 6) is -0.485. The zero-order chi connectivity index (χ0) is 31.7. The summed E-state index contributed by atoms with van der Waals surface area (Å²) >= 11 is 0. The summed E-state index contributed by atoms with van der Waals surface area (Å²) in [4.78, 5) is 12.7. The Balaban J connectivity index is 1.19. The van der Waals surface area contributed by atoms with Gasteiger partial charge in [-0.15, -0.1) is 0 Å². The lowest BCUT2D eigenvalue weighted by Crippen LogP contribution is -2.21. The Morgan fingerprint density at radius 2 is 1.70 bits per heavy atom. The first kappa shape index (κ1) is 29.3. The van der Waals surface area contributed by atoms with Crippen LogP contribution in [0.5, 0.6) is 0 Å². The van der Waals surface area contributed by atoms with Crippen molar-refractivity contribution in [1.29, 1.82) is 0 Å². The summed E-state index contributed by atoms with van der Waals surface area (Å²) < 4.78 is 40.2. The Bertz CT molecular complexity index is 2300. The molecule has 0 saturated heterocycles. The van der Waals surface area contributed by atoms with Crippen LogP contribution in [-0.4, -0.2) is 39.8 Å². The predicted octanol–water partition coefficient (Wildman–Crippen LogP) is 5.91. The van der Waals surface area contributed by atoms with E-state index in [4.69, 9.17) is 0 Å². The molecule has 0 aliphatic carbocycles. The number of sulfonamides is 1. The van der Waals surface area contributed by atoms with Crippen molar-refractivity contribution in [2.75, 3.05) is 6.26 Å². The molecular formula is C35H28FN7O2S. The van der Waals surface area contributed by atoms with E-state index in [1.165, 1.54) is 17.7 Å². The Morgan fingerprint density at radius 3 is 2.54 bits per heavy atom. The number of rotatable bonds is 10. The maximum absolute atomic E-state index is 14.6. The molecule has 4 N–H and O–H groups in total. The molecule has 0 spiro atoms. The van der Waals surface area contributed by atoms with Crippen LogP contribution in [0.4, 0.5) is 4.39 Å². The Kier molecular flexibility index (Phi) is 7.76. The summed E-state index contributed by atoms with van der Waals surface area (Å²) in [5.41, 5.74) is 8.49. The average Bonchev–Trinajstić information content (AvgIpc) is 3.68. The van der Waals surface area contributed by atoms with Crippen molar-refractivity contribution in [3.63, 3.8) is 0 Å². The molecule has 0 aliphatic rings. The first-order valence-electron chi connectivity index (χ1n) is 14.5. The van der Waals surface area contributed by atoms with Crippen LogP contribution in [0, 0.1) is 17.9 Å². The topological polar surface area (TPSA) is 128 Å². The second-order valence-electron chi connectivity index (χ2n) is 11.1. The zero-order valence-electron chi connectivity index (χ0n) is 24.7. The molecule has 4 aromatic heterocycles. The lowest BCUT2D eigenvalue weighted by molar-refractivity contribution is 0.586. The number of pyridine rings is 2. The molecule has 7 rings (SSSR count). The van der Waals surface area contributed by atoms with Gasteiger partial charge in [0.05, 0.1) is 35.1 Å².